The van der Waals surface area contributed by atoms with Gasteiger partial charge in [0.2, 0.25) is 5.91 Å². The maximum absolute atomic E-state index is 12.8. The Bertz CT molecular complexity index is 787. The fraction of sp³-hybridized carbons (Fsp3) is 0.654. The van der Waals surface area contributed by atoms with Crippen LogP contribution in [0.3, 0.4) is 0 Å². The van der Waals surface area contributed by atoms with Gasteiger partial charge < -0.3 is 15.1 Å². The van der Waals surface area contributed by atoms with Crippen molar-refractivity contribution >= 4 is 12.0 Å². The van der Waals surface area contributed by atoms with E-state index in [1.165, 1.54) is 56.7 Å². The van der Waals surface area contributed by atoms with Gasteiger partial charge in [0.25, 0.3) is 0 Å². The smallest absolute Gasteiger partial charge is 0.353 e. The maximum atomic E-state index is 12.8. The molecule has 1 N–H and O–H groups in total. The molecule has 1 aromatic carbocycles. The summed E-state index contributed by atoms with van der Waals surface area (Å²) in [6.07, 6.45) is 7.02. The van der Waals surface area contributed by atoms with Crippen molar-refractivity contribution in [1.82, 2.24) is 15.1 Å². The van der Waals surface area contributed by atoms with Crippen LogP contribution in [0, 0.1) is 5.92 Å². The van der Waals surface area contributed by atoms with E-state index in [1.807, 2.05) is 0 Å². The molecule has 184 valence electrons. The van der Waals surface area contributed by atoms with Crippen LogP contribution in [-0.4, -0.2) is 61.0 Å². The van der Waals surface area contributed by atoms with Crippen LogP contribution in [0.5, 0.6) is 0 Å². The molecule has 1 heterocycles. The molecule has 1 aliphatic carbocycles. The molecule has 1 aromatic rings. The van der Waals surface area contributed by atoms with Gasteiger partial charge in [0.1, 0.15) is 0 Å². The van der Waals surface area contributed by atoms with Crippen LogP contribution < -0.4 is 5.32 Å². The molecule has 3 rings (SSSR count). The van der Waals surface area contributed by atoms with Crippen molar-refractivity contribution in [3.05, 3.63) is 41.5 Å². The number of hydrogen-bond acceptors (Lipinski definition) is 3. The van der Waals surface area contributed by atoms with E-state index in [0.717, 1.165) is 50.1 Å². The first-order valence-electron chi connectivity index (χ1n) is 12.3. The van der Waals surface area contributed by atoms with Crippen LogP contribution in [0.25, 0.3) is 6.08 Å². The van der Waals surface area contributed by atoms with Crippen molar-refractivity contribution in [1.29, 1.82) is 0 Å². The highest BCUT2D eigenvalue weighted by Crippen LogP contribution is 2.31. The number of halogens is 3. The van der Waals surface area contributed by atoms with Crippen molar-refractivity contribution in [3.63, 3.8) is 0 Å². The summed E-state index contributed by atoms with van der Waals surface area (Å²) in [6.45, 7) is 6.11. The average Bonchev–Trinajstić information content (AvgIpc) is 2.80. The lowest BCUT2D eigenvalue weighted by molar-refractivity contribution is -0.137. The Hall–Kier alpha value is -1.86. The summed E-state index contributed by atoms with van der Waals surface area (Å²) in [7, 11) is 2.31. The van der Waals surface area contributed by atoms with E-state index in [1.54, 1.807) is 6.07 Å². The van der Waals surface area contributed by atoms with Gasteiger partial charge in [-0.3, -0.25) is 4.79 Å². The van der Waals surface area contributed by atoms with Crippen LogP contribution in [0.4, 0.5) is 13.2 Å². The van der Waals surface area contributed by atoms with Crippen LogP contribution in [0.2, 0.25) is 0 Å². The Kier molecular flexibility index (Phi) is 9.38. The third-order valence-corrected chi connectivity index (χ3v) is 7.31. The number of alkyl halides is 3. The molecule has 1 saturated carbocycles. The van der Waals surface area contributed by atoms with Gasteiger partial charge >= 0.3 is 6.18 Å². The number of amides is 1. The molecule has 33 heavy (non-hydrogen) atoms. The zero-order valence-corrected chi connectivity index (χ0v) is 19.9. The molecule has 2 aliphatic rings. The van der Waals surface area contributed by atoms with Crippen molar-refractivity contribution in [2.24, 2.45) is 5.92 Å². The van der Waals surface area contributed by atoms with E-state index in [9.17, 15) is 18.0 Å². The minimum atomic E-state index is -4.38. The Morgan fingerprint density at radius 2 is 1.91 bits per heavy atom. The molecule has 2 atom stereocenters. The molecule has 2 fully saturated rings. The third-order valence-electron chi connectivity index (χ3n) is 7.31. The summed E-state index contributed by atoms with van der Waals surface area (Å²) >= 11 is 0. The lowest BCUT2D eigenvalue weighted by Crippen LogP contribution is -2.50. The third kappa shape index (κ3) is 7.85. The zero-order valence-electron chi connectivity index (χ0n) is 19.9. The number of carbonyl (C=O) groups excluding carboxylic acids is 1. The molecule has 1 amide bonds. The second kappa shape index (κ2) is 12.0. The second-order valence-corrected chi connectivity index (χ2v) is 9.67. The van der Waals surface area contributed by atoms with E-state index in [4.69, 9.17) is 0 Å². The van der Waals surface area contributed by atoms with Crippen LogP contribution >= 0.6 is 0 Å². The Morgan fingerprint density at radius 1 is 1.18 bits per heavy atom. The van der Waals surface area contributed by atoms with Crippen molar-refractivity contribution < 1.29 is 18.0 Å². The molecule has 0 aromatic heterocycles. The highest BCUT2D eigenvalue weighted by atomic mass is 19.4. The molecule has 4 nitrogen and oxygen atoms in total. The molecular weight excluding hydrogens is 427 g/mol. The Labute approximate surface area is 196 Å². The SMILES string of the molecule is C[C@@H]1CCCC[C@@H]1N(C)C1CCN(CCCNC(=O)/C=C/c2cccc(C(F)(F)F)c2)CC1. The summed E-state index contributed by atoms with van der Waals surface area (Å²) < 4.78 is 38.3. The van der Waals surface area contributed by atoms with E-state index in [-0.39, 0.29) is 5.91 Å². The lowest BCUT2D eigenvalue weighted by Gasteiger charge is -2.44. The van der Waals surface area contributed by atoms with Crippen LogP contribution in [0.1, 0.15) is 63.0 Å². The van der Waals surface area contributed by atoms with Crippen molar-refractivity contribution in [3.8, 4) is 0 Å². The van der Waals surface area contributed by atoms with Gasteiger partial charge in [-0.25, -0.2) is 0 Å². The highest BCUT2D eigenvalue weighted by molar-refractivity contribution is 5.91. The van der Waals surface area contributed by atoms with Gasteiger partial charge in [-0.15, -0.1) is 0 Å². The first kappa shape index (κ1) is 25.8. The normalized spacial score (nSPS) is 23.3. The predicted octanol–water partition coefficient (Wildman–Crippen LogP) is 5.20. The predicted molar refractivity (Wildman–Crippen MR) is 127 cm³/mol. The summed E-state index contributed by atoms with van der Waals surface area (Å²) in [6, 6.07) is 6.36. The molecule has 7 heteroatoms. The summed E-state index contributed by atoms with van der Waals surface area (Å²) in [4.78, 5) is 17.1. The van der Waals surface area contributed by atoms with Gasteiger partial charge in [0.15, 0.2) is 0 Å². The zero-order chi connectivity index (χ0) is 23.8. The van der Waals surface area contributed by atoms with E-state index in [0.29, 0.717) is 18.2 Å². The van der Waals surface area contributed by atoms with Crippen LogP contribution in [-0.2, 0) is 11.0 Å². The minimum absolute atomic E-state index is 0.283. The van der Waals surface area contributed by atoms with Gasteiger partial charge in [-0.1, -0.05) is 31.9 Å². The number of likely N-dealkylation sites (tertiary alicyclic amines) is 1. The van der Waals surface area contributed by atoms with Gasteiger partial charge in [-0.2, -0.15) is 13.2 Å². The minimum Gasteiger partial charge on any atom is -0.353 e. The topological polar surface area (TPSA) is 35.6 Å². The monoisotopic (exact) mass is 465 g/mol. The fourth-order valence-corrected chi connectivity index (χ4v) is 5.29. The first-order chi connectivity index (χ1) is 15.7. The number of nitrogens with zero attached hydrogens (tertiary/aromatic N) is 2. The number of rotatable bonds is 8. The Morgan fingerprint density at radius 3 is 2.61 bits per heavy atom. The quantitative estimate of drug-likeness (QED) is 0.423. The second-order valence-electron chi connectivity index (χ2n) is 9.67. The van der Waals surface area contributed by atoms with Gasteiger partial charge in [-0.05, 0) is 88.5 Å². The molecule has 0 radical (unpaired) electrons. The maximum Gasteiger partial charge on any atom is 0.416 e. The summed E-state index contributed by atoms with van der Waals surface area (Å²) in [5.74, 6) is 0.516. The molecule has 0 bridgehead atoms. The van der Waals surface area contributed by atoms with Gasteiger partial charge in [0.05, 0.1) is 5.56 Å². The highest BCUT2D eigenvalue weighted by Gasteiger charge is 2.31. The van der Waals surface area contributed by atoms with E-state index >= 15 is 0 Å². The number of benzene rings is 1. The number of nitrogens with one attached hydrogen (secondary N) is 1. The number of piperidine rings is 1. The van der Waals surface area contributed by atoms with Crippen LogP contribution in [0.15, 0.2) is 30.3 Å². The van der Waals surface area contributed by atoms with Crippen molar-refractivity contribution in [2.45, 2.75) is 70.1 Å². The van der Waals surface area contributed by atoms with E-state index in [2.05, 4.69) is 29.1 Å². The summed E-state index contributed by atoms with van der Waals surface area (Å²) in [5.41, 5.74) is -0.358. The molecule has 0 spiro atoms. The Balaban J connectivity index is 1.32. The standard InChI is InChI=1S/C26H38F3N3O/c1-20-7-3-4-10-24(20)31(2)23-13-17-32(18-14-23)16-6-15-30-25(33)12-11-21-8-5-9-22(19-21)26(27,28)29/h5,8-9,11-12,19-20,23-24H,3-4,6-7,10,13-18H2,1-2H3,(H,30,33)/b12-11+/t20-,24+/m1/s1. The lowest BCUT2D eigenvalue weighted by atomic mass is 9.84. The average molecular weight is 466 g/mol. The fourth-order valence-electron chi connectivity index (χ4n) is 5.29. The number of carbonyl (C=O) groups is 1. The summed E-state index contributed by atoms with van der Waals surface area (Å²) in [5, 5.41) is 2.83. The number of hydrogen-bond donors (Lipinski definition) is 1. The first-order valence-corrected chi connectivity index (χ1v) is 12.3. The largest absolute Gasteiger partial charge is 0.416 e. The van der Waals surface area contributed by atoms with Gasteiger partial charge in [0, 0.05) is 24.7 Å². The molecule has 1 saturated heterocycles. The molecule has 0 unspecified atom stereocenters. The van der Waals surface area contributed by atoms with E-state index < -0.39 is 11.7 Å². The molecular formula is C26H38F3N3O. The molecule has 1 aliphatic heterocycles. The van der Waals surface area contributed by atoms with Crippen molar-refractivity contribution in [2.75, 3.05) is 33.2 Å².